The smallest absolute Gasteiger partial charge is 0.262 e. The molecule has 1 N–H and O–H groups in total. The number of rotatable bonds is 1. The zero-order valence-electron chi connectivity index (χ0n) is 10.7. The second-order valence-corrected chi connectivity index (χ2v) is 5.44. The van der Waals surface area contributed by atoms with E-state index in [0.29, 0.717) is 11.4 Å². The van der Waals surface area contributed by atoms with Crippen molar-refractivity contribution in [1.29, 1.82) is 0 Å². The number of ether oxygens (including phenoxy) is 1. The van der Waals surface area contributed by atoms with E-state index in [4.69, 9.17) is 4.74 Å². The number of benzene rings is 1. The summed E-state index contributed by atoms with van der Waals surface area (Å²) in [5.41, 5.74) is 2.57. The second kappa shape index (κ2) is 5.42. The minimum absolute atomic E-state index is 0. The maximum absolute atomic E-state index is 11.3. The highest BCUT2D eigenvalue weighted by Gasteiger charge is 2.18. The van der Waals surface area contributed by atoms with Crippen LogP contribution in [0.2, 0.25) is 0 Å². The van der Waals surface area contributed by atoms with Gasteiger partial charge < -0.3 is 10.1 Å². The Labute approximate surface area is 134 Å². The molecule has 0 radical (unpaired) electrons. The van der Waals surface area contributed by atoms with Crippen LogP contribution in [-0.4, -0.2) is 22.5 Å². The molecule has 2 aromatic heterocycles. The maximum atomic E-state index is 11.3. The van der Waals surface area contributed by atoms with E-state index in [-0.39, 0.29) is 29.5 Å². The number of amides is 1. The molecule has 4 rings (SSSR count). The van der Waals surface area contributed by atoms with Crippen LogP contribution in [0.4, 0.5) is 5.69 Å². The SMILES string of the molecule is Br.O=C1COc2cc3sc(-c4ccncc4)nc3cc2N1. The molecule has 1 amide bonds. The van der Waals surface area contributed by atoms with E-state index < -0.39 is 0 Å². The molecule has 1 aliphatic rings. The molecule has 5 nitrogen and oxygen atoms in total. The second-order valence-electron chi connectivity index (χ2n) is 4.41. The highest BCUT2D eigenvalue weighted by Crippen LogP contribution is 2.37. The minimum Gasteiger partial charge on any atom is -0.482 e. The number of halogens is 1. The van der Waals surface area contributed by atoms with E-state index in [9.17, 15) is 4.79 Å². The molecule has 106 valence electrons. The van der Waals surface area contributed by atoms with Gasteiger partial charge in [0.2, 0.25) is 0 Å². The summed E-state index contributed by atoms with van der Waals surface area (Å²) in [6.07, 6.45) is 3.49. The van der Waals surface area contributed by atoms with E-state index in [1.807, 2.05) is 24.3 Å². The fourth-order valence-corrected chi connectivity index (χ4v) is 3.10. The molecule has 3 heterocycles. The van der Waals surface area contributed by atoms with Crippen molar-refractivity contribution in [2.45, 2.75) is 0 Å². The number of nitrogens with zero attached hydrogens (tertiary/aromatic N) is 2. The number of anilines is 1. The molecule has 0 bridgehead atoms. The van der Waals surface area contributed by atoms with Crippen molar-refractivity contribution >= 4 is 50.1 Å². The monoisotopic (exact) mass is 363 g/mol. The summed E-state index contributed by atoms with van der Waals surface area (Å²) in [6.45, 7) is 0.0640. The third-order valence-electron chi connectivity index (χ3n) is 3.05. The Morgan fingerprint density at radius 1 is 1.24 bits per heavy atom. The maximum Gasteiger partial charge on any atom is 0.262 e. The number of hydrogen-bond donors (Lipinski definition) is 1. The van der Waals surface area contributed by atoms with E-state index in [0.717, 1.165) is 20.8 Å². The number of thiazole rings is 1. The third kappa shape index (κ3) is 2.50. The van der Waals surface area contributed by atoms with E-state index in [1.165, 1.54) is 0 Å². The van der Waals surface area contributed by atoms with Gasteiger partial charge in [0.25, 0.3) is 5.91 Å². The van der Waals surface area contributed by atoms with E-state index in [2.05, 4.69) is 15.3 Å². The number of pyridine rings is 1. The lowest BCUT2D eigenvalue weighted by atomic mass is 10.2. The number of carbonyl (C=O) groups is 1. The van der Waals surface area contributed by atoms with Gasteiger partial charge in [-0.1, -0.05) is 0 Å². The van der Waals surface area contributed by atoms with Gasteiger partial charge in [-0.15, -0.1) is 28.3 Å². The predicted octanol–water partition coefficient (Wildman–Crippen LogP) is 3.27. The van der Waals surface area contributed by atoms with Crippen LogP contribution >= 0.6 is 28.3 Å². The molecule has 1 aromatic carbocycles. The molecular weight excluding hydrogens is 354 g/mol. The molecule has 0 unspecified atom stereocenters. The molecule has 0 fully saturated rings. The molecule has 1 aliphatic heterocycles. The normalized spacial score (nSPS) is 13.0. The Kier molecular flexibility index (Phi) is 3.60. The van der Waals surface area contributed by atoms with E-state index in [1.54, 1.807) is 23.7 Å². The first-order valence-electron chi connectivity index (χ1n) is 6.07. The molecule has 0 saturated heterocycles. The molecule has 0 spiro atoms. The van der Waals surface area contributed by atoms with Crippen molar-refractivity contribution < 1.29 is 9.53 Å². The fraction of sp³-hybridized carbons (Fsp3) is 0.0714. The topological polar surface area (TPSA) is 64.1 Å². The number of fused-ring (bicyclic) bond motifs is 2. The summed E-state index contributed by atoms with van der Waals surface area (Å²) >= 11 is 1.59. The highest BCUT2D eigenvalue weighted by molar-refractivity contribution is 8.93. The van der Waals surface area contributed by atoms with Gasteiger partial charge in [-0.25, -0.2) is 4.98 Å². The number of nitrogens with one attached hydrogen (secondary N) is 1. The lowest BCUT2D eigenvalue weighted by molar-refractivity contribution is -0.118. The van der Waals surface area contributed by atoms with Crippen LogP contribution in [0.5, 0.6) is 5.75 Å². The van der Waals surface area contributed by atoms with Crippen molar-refractivity contribution in [2.75, 3.05) is 11.9 Å². The Morgan fingerprint density at radius 2 is 2.05 bits per heavy atom. The van der Waals surface area contributed by atoms with Crippen LogP contribution in [0, 0.1) is 0 Å². The van der Waals surface area contributed by atoms with Crippen LogP contribution < -0.4 is 10.1 Å². The van der Waals surface area contributed by atoms with Crippen molar-refractivity contribution in [1.82, 2.24) is 9.97 Å². The van der Waals surface area contributed by atoms with Gasteiger partial charge in [0.1, 0.15) is 10.8 Å². The van der Waals surface area contributed by atoms with Gasteiger partial charge >= 0.3 is 0 Å². The zero-order chi connectivity index (χ0) is 13.5. The largest absolute Gasteiger partial charge is 0.482 e. The molecule has 7 heteroatoms. The first-order chi connectivity index (χ1) is 9.79. The number of hydrogen-bond acceptors (Lipinski definition) is 5. The number of carbonyl (C=O) groups excluding carboxylic acids is 1. The fourth-order valence-electron chi connectivity index (χ4n) is 2.12. The van der Waals surface area contributed by atoms with Crippen molar-refractivity contribution in [3.8, 4) is 16.3 Å². The van der Waals surface area contributed by atoms with Crippen LogP contribution in [0.3, 0.4) is 0 Å². The van der Waals surface area contributed by atoms with Gasteiger partial charge in [-0.3, -0.25) is 9.78 Å². The van der Waals surface area contributed by atoms with Gasteiger partial charge in [0.15, 0.2) is 6.61 Å². The van der Waals surface area contributed by atoms with E-state index >= 15 is 0 Å². The first kappa shape index (κ1) is 14.0. The van der Waals surface area contributed by atoms with Crippen LogP contribution in [0.1, 0.15) is 0 Å². The molecule has 21 heavy (non-hydrogen) atoms. The van der Waals surface area contributed by atoms with Gasteiger partial charge in [-0.05, 0) is 18.2 Å². The lowest BCUT2D eigenvalue weighted by Gasteiger charge is -2.17. The Morgan fingerprint density at radius 3 is 2.86 bits per heavy atom. The molecule has 0 saturated carbocycles. The quantitative estimate of drug-likeness (QED) is 0.720. The molecule has 0 aliphatic carbocycles. The zero-order valence-corrected chi connectivity index (χ0v) is 13.2. The van der Waals surface area contributed by atoms with Crippen molar-refractivity contribution in [2.24, 2.45) is 0 Å². The summed E-state index contributed by atoms with van der Waals surface area (Å²) in [5, 5.41) is 3.72. The summed E-state index contributed by atoms with van der Waals surface area (Å²) in [6, 6.07) is 7.63. The number of aromatic nitrogens is 2. The van der Waals surface area contributed by atoms with Crippen LogP contribution in [0.25, 0.3) is 20.8 Å². The Balaban J connectivity index is 0.00000132. The average molecular weight is 364 g/mol. The predicted molar refractivity (Wildman–Crippen MR) is 87.3 cm³/mol. The molecular formula is C14H10BrN3O2S. The minimum atomic E-state index is -0.138. The van der Waals surface area contributed by atoms with Crippen molar-refractivity contribution in [3.05, 3.63) is 36.7 Å². The molecule has 0 atom stereocenters. The average Bonchev–Trinajstić information content (AvgIpc) is 2.88. The summed E-state index contributed by atoms with van der Waals surface area (Å²) in [4.78, 5) is 19.9. The molecule has 3 aromatic rings. The summed E-state index contributed by atoms with van der Waals surface area (Å²) < 4.78 is 6.45. The Bertz CT molecular complexity index is 820. The van der Waals surface area contributed by atoms with Gasteiger partial charge in [0.05, 0.1) is 15.9 Å². The third-order valence-corrected chi connectivity index (χ3v) is 4.12. The van der Waals surface area contributed by atoms with Crippen molar-refractivity contribution in [3.63, 3.8) is 0 Å². The van der Waals surface area contributed by atoms with Crippen LogP contribution in [-0.2, 0) is 4.79 Å². The van der Waals surface area contributed by atoms with Crippen LogP contribution in [0.15, 0.2) is 36.7 Å². The summed E-state index contributed by atoms with van der Waals surface area (Å²) in [7, 11) is 0. The Hall–Kier alpha value is -1.99. The summed E-state index contributed by atoms with van der Waals surface area (Å²) in [5.74, 6) is 0.559. The van der Waals surface area contributed by atoms with Gasteiger partial charge in [-0.2, -0.15) is 0 Å². The standard InChI is InChI=1S/C14H9N3O2S.BrH/c18-13-7-19-11-6-12-10(5-9(11)16-13)17-14(20-12)8-1-3-15-4-2-8;/h1-6H,7H2,(H,16,18);1H. The van der Waals surface area contributed by atoms with Gasteiger partial charge in [0, 0.05) is 24.0 Å². The lowest BCUT2D eigenvalue weighted by Crippen LogP contribution is -2.25. The highest BCUT2D eigenvalue weighted by atomic mass is 79.9. The first-order valence-corrected chi connectivity index (χ1v) is 6.89.